The van der Waals surface area contributed by atoms with Crippen molar-refractivity contribution in [2.24, 2.45) is 17.6 Å². The molecule has 0 aromatic heterocycles. The fourth-order valence-corrected chi connectivity index (χ4v) is 3.06. The van der Waals surface area contributed by atoms with E-state index in [2.05, 4.69) is 18.7 Å². The SMILES string of the molecule is CC1CN(C2CCC(N)(CO)C2)CC1C. The number of aliphatic hydroxyl groups excluding tert-OH is 1. The number of nitrogens with two attached hydrogens (primary N) is 1. The van der Waals surface area contributed by atoms with Gasteiger partial charge in [0.05, 0.1) is 6.61 Å². The van der Waals surface area contributed by atoms with Gasteiger partial charge in [0, 0.05) is 24.7 Å². The largest absolute Gasteiger partial charge is 0.394 e. The van der Waals surface area contributed by atoms with Crippen molar-refractivity contribution >= 4 is 0 Å². The highest BCUT2D eigenvalue weighted by Crippen LogP contribution is 2.34. The molecule has 2 fully saturated rings. The van der Waals surface area contributed by atoms with Crippen molar-refractivity contribution in [3.63, 3.8) is 0 Å². The minimum Gasteiger partial charge on any atom is -0.394 e. The first kappa shape index (κ1) is 11.4. The Morgan fingerprint density at radius 1 is 1.33 bits per heavy atom. The number of likely N-dealkylation sites (tertiary alicyclic amines) is 1. The average molecular weight is 212 g/mol. The van der Waals surface area contributed by atoms with E-state index in [-0.39, 0.29) is 12.1 Å². The van der Waals surface area contributed by atoms with Gasteiger partial charge in [-0.25, -0.2) is 0 Å². The zero-order valence-electron chi connectivity index (χ0n) is 9.95. The maximum absolute atomic E-state index is 9.25. The minimum atomic E-state index is -0.292. The van der Waals surface area contributed by atoms with Crippen molar-refractivity contribution in [1.82, 2.24) is 4.90 Å². The second kappa shape index (κ2) is 4.04. The summed E-state index contributed by atoms with van der Waals surface area (Å²) in [6, 6.07) is 0.620. The van der Waals surface area contributed by atoms with Gasteiger partial charge in [-0.3, -0.25) is 4.90 Å². The van der Waals surface area contributed by atoms with Crippen LogP contribution >= 0.6 is 0 Å². The lowest BCUT2D eigenvalue weighted by atomic mass is 10.0. The molecule has 1 aliphatic heterocycles. The van der Waals surface area contributed by atoms with Gasteiger partial charge in [-0.05, 0) is 31.1 Å². The molecule has 4 atom stereocenters. The molecule has 88 valence electrons. The summed E-state index contributed by atoms with van der Waals surface area (Å²) < 4.78 is 0. The van der Waals surface area contributed by atoms with Crippen LogP contribution in [0.15, 0.2) is 0 Å². The van der Waals surface area contributed by atoms with E-state index < -0.39 is 0 Å². The van der Waals surface area contributed by atoms with E-state index in [0.29, 0.717) is 6.04 Å². The highest BCUT2D eigenvalue weighted by molar-refractivity contribution is 4.98. The molecule has 0 aromatic rings. The number of rotatable bonds is 2. The van der Waals surface area contributed by atoms with E-state index >= 15 is 0 Å². The van der Waals surface area contributed by atoms with Crippen molar-refractivity contribution < 1.29 is 5.11 Å². The van der Waals surface area contributed by atoms with Crippen LogP contribution in [0.3, 0.4) is 0 Å². The third-order valence-electron chi connectivity index (χ3n) is 4.47. The van der Waals surface area contributed by atoms with Crippen molar-refractivity contribution in [3.05, 3.63) is 0 Å². The van der Waals surface area contributed by atoms with Crippen molar-refractivity contribution in [2.45, 2.75) is 44.7 Å². The maximum Gasteiger partial charge on any atom is 0.0611 e. The van der Waals surface area contributed by atoms with Crippen LogP contribution in [0, 0.1) is 11.8 Å². The zero-order valence-corrected chi connectivity index (χ0v) is 9.95. The molecule has 3 nitrogen and oxygen atoms in total. The van der Waals surface area contributed by atoms with Crippen LogP contribution in [0.2, 0.25) is 0 Å². The summed E-state index contributed by atoms with van der Waals surface area (Å²) in [4.78, 5) is 2.58. The molecule has 1 aliphatic carbocycles. The normalized spacial score (nSPS) is 47.6. The third kappa shape index (κ3) is 2.19. The maximum atomic E-state index is 9.25. The molecule has 0 radical (unpaired) electrons. The van der Waals surface area contributed by atoms with Crippen LogP contribution in [0.25, 0.3) is 0 Å². The average Bonchev–Trinajstić information content (AvgIpc) is 2.73. The van der Waals surface area contributed by atoms with E-state index in [1.807, 2.05) is 0 Å². The second-order valence-corrected chi connectivity index (χ2v) is 5.83. The molecule has 1 heterocycles. The highest BCUT2D eigenvalue weighted by Gasteiger charge is 2.40. The van der Waals surface area contributed by atoms with Gasteiger partial charge in [-0.1, -0.05) is 13.8 Å². The second-order valence-electron chi connectivity index (χ2n) is 5.83. The Morgan fingerprint density at radius 2 is 1.93 bits per heavy atom. The Morgan fingerprint density at radius 3 is 2.40 bits per heavy atom. The topological polar surface area (TPSA) is 49.5 Å². The van der Waals surface area contributed by atoms with Crippen molar-refractivity contribution in [2.75, 3.05) is 19.7 Å². The first-order chi connectivity index (χ1) is 7.04. The summed E-state index contributed by atoms with van der Waals surface area (Å²) in [5, 5.41) is 9.25. The van der Waals surface area contributed by atoms with Crippen molar-refractivity contribution in [3.8, 4) is 0 Å². The summed E-state index contributed by atoms with van der Waals surface area (Å²) in [6.07, 6.45) is 3.12. The molecular formula is C12H24N2O. The monoisotopic (exact) mass is 212 g/mol. The molecule has 2 rings (SSSR count). The fourth-order valence-electron chi connectivity index (χ4n) is 3.06. The quantitative estimate of drug-likeness (QED) is 0.712. The number of hydrogen-bond donors (Lipinski definition) is 2. The zero-order chi connectivity index (χ0) is 11.1. The smallest absolute Gasteiger partial charge is 0.0611 e. The van der Waals surface area contributed by atoms with Crippen LogP contribution < -0.4 is 5.73 Å². The predicted molar refractivity (Wildman–Crippen MR) is 61.5 cm³/mol. The molecule has 0 bridgehead atoms. The molecule has 2 aliphatic rings. The van der Waals surface area contributed by atoms with Gasteiger partial charge in [0.1, 0.15) is 0 Å². The summed E-state index contributed by atoms with van der Waals surface area (Å²) in [6.45, 7) is 7.24. The van der Waals surface area contributed by atoms with Gasteiger partial charge in [0.25, 0.3) is 0 Å². The van der Waals surface area contributed by atoms with Crippen LogP contribution in [-0.4, -0.2) is 41.3 Å². The molecule has 4 unspecified atom stereocenters. The molecule has 3 heteroatoms. The lowest BCUT2D eigenvalue weighted by Crippen LogP contribution is -2.43. The van der Waals surface area contributed by atoms with Gasteiger partial charge in [-0.15, -0.1) is 0 Å². The summed E-state index contributed by atoms with van der Waals surface area (Å²) >= 11 is 0. The Labute approximate surface area is 92.6 Å². The fraction of sp³-hybridized carbons (Fsp3) is 1.00. The van der Waals surface area contributed by atoms with Gasteiger partial charge in [-0.2, -0.15) is 0 Å². The predicted octanol–water partition coefficient (Wildman–Crippen LogP) is 0.817. The first-order valence-corrected chi connectivity index (χ1v) is 6.18. The van der Waals surface area contributed by atoms with E-state index in [0.717, 1.165) is 31.1 Å². The summed E-state index contributed by atoms with van der Waals surface area (Å²) in [5.41, 5.74) is 5.82. The van der Waals surface area contributed by atoms with Gasteiger partial charge in [0.15, 0.2) is 0 Å². The van der Waals surface area contributed by atoms with E-state index in [4.69, 9.17) is 5.73 Å². The van der Waals surface area contributed by atoms with Gasteiger partial charge < -0.3 is 10.8 Å². The lowest BCUT2D eigenvalue weighted by Gasteiger charge is -2.26. The number of aliphatic hydroxyl groups is 1. The molecule has 0 aromatic carbocycles. The Kier molecular flexibility index (Phi) is 3.06. The van der Waals surface area contributed by atoms with E-state index in [1.54, 1.807) is 0 Å². The molecule has 1 saturated carbocycles. The standard InChI is InChI=1S/C12H24N2O/c1-9-6-14(7-10(9)2)11-3-4-12(13,5-11)8-15/h9-11,15H,3-8,13H2,1-2H3. The van der Waals surface area contributed by atoms with Gasteiger partial charge >= 0.3 is 0 Å². The Bertz CT molecular complexity index is 224. The molecular weight excluding hydrogens is 188 g/mol. The van der Waals surface area contributed by atoms with E-state index in [1.165, 1.54) is 13.1 Å². The van der Waals surface area contributed by atoms with Crippen molar-refractivity contribution in [1.29, 1.82) is 0 Å². The molecule has 3 N–H and O–H groups in total. The molecule has 0 spiro atoms. The van der Waals surface area contributed by atoms with Gasteiger partial charge in [0.2, 0.25) is 0 Å². The lowest BCUT2D eigenvalue weighted by molar-refractivity contribution is 0.178. The van der Waals surface area contributed by atoms with Crippen LogP contribution in [0.5, 0.6) is 0 Å². The first-order valence-electron chi connectivity index (χ1n) is 6.18. The van der Waals surface area contributed by atoms with Crippen LogP contribution in [0.4, 0.5) is 0 Å². The molecule has 1 saturated heterocycles. The third-order valence-corrected chi connectivity index (χ3v) is 4.47. The number of nitrogens with zero attached hydrogens (tertiary/aromatic N) is 1. The summed E-state index contributed by atoms with van der Waals surface area (Å²) in [7, 11) is 0. The Balaban J connectivity index is 1.92. The number of hydrogen-bond acceptors (Lipinski definition) is 3. The molecule has 15 heavy (non-hydrogen) atoms. The summed E-state index contributed by atoms with van der Waals surface area (Å²) in [5.74, 6) is 1.62. The van der Waals surface area contributed by atoms with Crippen LogP contribution in [0.1, 0.15) is 33.1 Å². The molecule has 0 amide bonds. The van der Waals surface area contributed by atoms with Crippen LogP contribution in [-0.2, 0) is 0 Å². The highest BCUT2D eigenvalue weighted by atomic mass is 16.3. The minimum absolute atomic E-state index is 0.141. The van der Waals surface area contributed by atoms with E-state index in [9.17, 15) is 5.11 Å². The Hall–Kier alpha value is -0.120.